The lowest BCUT2D eigenvalue weighted by Gasteiger charge is -2.29. The number of aromatic nitrogens is 3. The van der Waals surface area contributed by atoms with E-state index in [1.807, 2.05) is 104 Å². The number of carbonyl (C=O) groups is 3. The smallest absolute Gasteiger partial charge is 0.420 e. The van der Waals surface area contributed by atoms with E-state index in [1.54, 1.807) is 46.2 Å². The van der Waals surface area contributed by atoms with E-state index in [2.05, 4.69) is 5.10 Å². The molecule has 6 rings (SSSR count). The molecule has 0 spiro atoms. The highest BCUT2D eigenvalue weighted by atomic mass is 16.6. The number of hydrogen-bond acceptors (Lipinski definition) is 8. The third kappa shape index (κ3) is 9.34. The van der Waals surface area contributed by atoms with Crippen LogP contribution in [0.2, 0.25) is 0 Å². The summed E-state index contributed by atoms with van der Waals surface area (Å²) in [4.78, 5) is 41.9. The van der Waals surface area contributed by atoms with Gasteiger partial charge in [0.05, 0.1) is 31.0 Å². The SMILES string of the molecule is CCc1ccc(-c2c(CO)nn(C)c2C)c2c1c(CCCOc1cccc3ccccc13)c(C(=O)O)n2Cc1ccccc1CN(C(=O)OC(C)(C)C)C(=O)OC(C)(C)C. The summed E-state index contributed by atoms with van der Waals surface area (Å²) < 4.78 is 21.2. The number of aliphatic hydroxyl groups excluding tert-OH is 1. The molecule has 0 bridgehead atoms. The van der Waals surface area contributed by atoms with Gasteiger partial charge in [0, 0.05) is 41.2 Å². The average molecular weight is 817 g/mol. The number of amides is 2. The molecule has 0 fully saturated rings. The number of ether oxygens (including phenoxy) is 3. The maximum absolute atomic E-state index is 13.7. The number of fused-ring (bicyclic) bond motifs is 2. The third-order valence-corrected chi connectivity index (χ3v) is 10.4. The van der Waals surface area contributed by atoms with Gasteiger partial charge in [0.25, 0.3) is 0 Å². The molecule has 0 atom stereocenters. The van der Waals surface area contributed by atoms with Crippen LogP contribution in [0.1, 0.15) is 99.0 Å². The minimum Gasteiger partial charge on any atom is -0.493 e. The summed E-state index contributed by atoms with van der Waals surface area (Å²) in [6.45, 7) is 14.2. The fourth-order valence-electron chi connectivity index (χ4n) is 7.72. The molecule has 0 saturated carbocycles. The summed E-state index contributed by atoms with van der Waals surface area (Å²) >= 11 is 0. The van der Waals surface area contributed by atoms with Gasteiger partial charge >= 0.3 is 18.2 Å². The Morgan fingerprint density at radius 3 is 2.08 bits per heavy atom. The van der Waals surface area contributed by atoms with Gasteiger partial charge in [-0.25, -0.2) is 19.3 Å². The number of nitrogens with zero attached hydrogens (tertiary/aromatic N) is 4. The Morgan fingerprint density at radius 1 is 0.817 bits per heavy atom. The predicted molar refractivity (Wildman–Crippen MR) is 232 cm³/mol. The van der Waals surface area contributed by atoms with Crippen molar-refractivity contribution in [2.24, 2.45) is 7.05 Å². The minimum atomic E-state index is -1.10. The number of aromatic carboxylic acids is 1. The molecule has 0 radical (unpaired) electrons. The van der Waals surface area contributed by atoms with E-state index in [1.165, 1.54) is 0 Å². The molecule has 316 valence electrons. The van der Waals surface area contributed by atoms with Crippen LogP contribution in [0.25, 0.3) is 32.8 Å². The van der Waals surface area contributed by atoms with Crippen LogP contribution in [-0.2, 0) is 49.1 Å². The fraction of sp³-hybridized carbons (Fsp3) is 0.375. The van der Waals surface area contributed by atoms with Crippen LogP contribution >= 0.6 is 0 Å². The van der Waals surface area contributed by atoms with Crippen molar-refractivity contribution in [1.29, 1.82) is 0 Å². The number of carboxylic acid groups (broad SMARTS) is 1. The predicted octanol–water partition coefficient (Wildman–Crippen LogP) is 9.99. The zero-order valence-electron chi connectivity index (χ0n) is 36.1. The Labute approximate surface area is 351 Å². The quantitative estimate of drug-likeness (QED) is 0.109. The third-order valence-electron chi connectivity index (χ3n) is 10.4. The van der Waals surface area contributed by atoms with Crippen LogP contribution in [0, 0.1) is 6.92 Å². The number of carbonyl (C=O) groups excluding carboxylic acids is 2. The van der Waals surface area contributed by atoms with Gasteiger partial charge in [-0.15, -0.1) is 0 Å². The molecule has 0 aliphatic carbocycles. The van der Waals surface area contributed by atoms with Crippen LogP contribution in [0.5, 0.6) is 5.75 Å². The second-order valence-corrected chi connectivity index (χ2v) is 17.0. The van der Waals surface area contributed by atoms with Crippen LogP contribution in [0.4, 0.5) is 9.59 Å². The van der Waals surface area contributed by atoms with Gasteiger partial charge in [-0.05, 0) is 101 Å². The number of aryl methyl sites for hydroxylation is 3. The molecule has 0 aliphatic rings. The highest BCUT2D eigenvalue weighted by molar-refractivity contribution is 6.06. The highest BCUT2D eigenvalue weighted by Crippen LogP contribution is 2.41. The molecular weight excluding hydrogens is 761 g/mol. The molecule has 12 heteroatoms. The number of rotatable bonds is 13. The molecule has 2 aromatic heterocycles. The topological polar surface area (TPSA) is 145 Å². The highest BCUT2D eigenvalue weighted by Gasteiger charge is 2.33. The Morgan fingerprint density at radius 2 is 1.45 bits per heavy atom. The lowest BCUT2D eigenvalue weighted by molar-refractivity contribution is -0.000325. The zero-order valence-corrected chi connectivity index (χ0v) is 36.1. The van der Waals surface area contributed by atoms with Gasteiger partial charge in [-0.3, -0.25) is 4.68 Å². The Bertz CT molecular complexity index is 2520. The van der Waals surface area contributed by atoms with E-state index in [0.29, 0.717) is 53.8 Å². The number of benzene rings is 4. The van der Waals surface area contributed by atoms with E-state index in [0.717, 1.165) is 49.2 Å². The zero-order chi connectivity index (χ0) is 43.5. The second-order valence-electron chi connectivity index (χ2n) is 17.0. The standard InChI is InChI=1S/C48H56N4O8/c1-10-31-24-25-37(40-30(2)50(9)49-38(40)29-53)42-41(31)36(22-16-26-58-39-23-15-20-32-17-13-14-21-35(32)39)43(44(54)55)51(42)27-33-18-11-12-19-34(33)28-52(45(56)59-47(3,4)5)46(57)60-48(6,7)8/h11-15,17-21,23-25,53H,10,16,22,26-29H2,1-9H3,(H,54,55). The summed E-state index contributed by atoms with van der Waals surface area (Å²) in [7, 11) is 1.82. The average Bonchev–Trinajstić information content (AvgIpc) is 3.66. The Kier molecular flexibility index (Phi) is 12.7. The molecule has 2 amide bonds. The van der Waals surface area contributed by atoms with Crippen LogP contribution in [0.15, 0.2) is 78.9 Å². The summed E-state index contributed by atoms with van der Waals surface area (Å²) in [6.07, 6.45) is -0.166. The first-order valence-corrected chi connectivity index (χ1v) is 20.4. The van der Waals surface area contributed by atoms with Crippen LogP contribution in [0.3, 0.4) is 0 Å². The van der Waals surface area contributed by atoms with Crippen molar-refractivity contribution >= 4 is 39.8 Å². The number of hydrogen-bond donors (Lipinski definition) is 2. The molecule has 6 aromatic rings. The lowest BCUT2D eigenvalue weighted by Crippen LogP contribution is -2.43. The van der Waals surface area contributed by atoms with Crippen molar-refractivity contribution in [3.63, 3.8) is 0 Å². The molecule has 12 nitrogen and oxygen atoms in total. The summed E-state index contributed by atoms with van der Waals surface area (Å²) in [6, 6.07) is 25.3. The monoisotopic (exact) mass is 816 g/mol. The maximum atomic E-state index is 13.7. The molecule has 0 aliphatic heterocycles. The Balaban J connectivity index is 1.50. The van der Waals surface area contributed by atoms with E-state index < -0.39 is 29.4 Å². The van der Waals surface area contributed by atoms with Gasteiger partial charge in [0.15, 0.2) is 0 Å². The molecule has 2 N–H and O–H groups in total. The fourth-order valence-corrected chi connectivity index (χ4v) is 7.72. The van der Waals surface area contributed by atoms with Crippen molar-refractivity contribution in [2.75, 3.05) is 6.61 Å². The first-order chi connectivity index (χ1) is 28.4. The van der Waals surface area contributed by atoms with E-state index in [-0.39, 0.29) is 25.4 Å². The van der Waals surface area contributed by atoms with Crippen LogP contribution < -0.4 is 4.74 Å². The van der Waals surface area contributed by atoms with Gasteiger partial charge in [-0.1, -0.05) is 79.7 Å². The largest absolute Gasteiger partial charge is 0.493 e. The molecule has 0 saturated heterocycles. The normalized spacial score (nSPS) is 11.9. The molecule has 0 unspecified atom stereocenters. The Hall–Kier alpha value is -6.14. The molecule has 2 heterocycles. The number of carboxylic acids is 1. The lowest BCUT2D eigenvalue weighted by atomic mass is 9.94. The van der Waals surface area contributed by atoms with E-state index in [4.69, 9.17) is 14.2 Å². The number of imide groups is 1. The first kappa shape index (κ1) is 43.4. The second kappa shape index (κ2) is 17.6. The van der Waals surface area contributed by atoms with Crippen molar-refractivity contribution < 1.29 is 38.8 Å². The van der Waals surface area contributed by atoms with Gasteiger partial charge in [-0.2, -0.15) is 5.10 Å². The van der Waals surface area contributed by atoms with Crippen molar-refractivity contribution in [3.8, 4) is 16.9 Å². The van der Waals surface area contributed by atoms with Gasteiger partial charge in [0.1, 0.15) is 22.6 Å². The van der Waals surface area contributed by atoms with Crippen molar-refractivity contribution in [2.45, 2.75) is 106 Å². The molecular formula is C48H56N4O8. The van der Waals surface area contributed by atoms with E-state index >= 15 is 0 Å². The minimum absolute atomic E-state index is 0.0746. The van der Waals surface area contributed by atoms with Crippen molar-refractivity contribution in [1.82, 2.24) is 19.2 Å². The summed E-state index contributed by atoms with van der Waals surface area (Å²) in [5.74, 6) is -0.339. The summed E-state index contributed by atoms with van der Waals surface area (Å²) in [5.41, 5.74) is 4.69. The summed E-state index contributed by atoms with van der Waals surface area (Å²) in [5, 5.41) is 29.2. The maximum Gasteiger partial charge on any atom is 0.420 e. The molecule has 60 heavy (non-hydrogen) atoms. The van der Waals surface area contributed by atoms with Crippen LogP contribution in [-0.4, -0.2) is 65.4 Å². The molecule has 4 aromatic carbocycles. The van der Waals surface area contributed by atoms with Gasteiger partial charge in [0.2, 0.25) is 0 Å². The number of aliphatic hydroxyl groups is 1. The van der Waals surface area contributed by atoms with Gasteiger partial charge < -0.3 is 29.0 Å². The first-order valence-electron chi connectivity index (χ1n) is 20.4. The van der Waals surface area contributed by atoms with E-state index in [9.17, 15) is 24.6 Å². The van der Waals surface area contributed by atoms with Crippen molar-refractivity contribution in [3.05, 3.63) is 118 Å².